The number of hydrogen-bond donors (Lipinski definition) is 1. The van der Waals surface area contributed by atoms with Gasteiger partial charge in [0.1, 0.15) is 5.75 Å². The lowest BCUT2D eigenvalue weighted by molar-refractivity contribution is 0.414. The smallest absolute Gasteiger partial charge is 0.209 e. The summed E-state index contributed by atoms with van der Waals surface area (Å²) in [5.41, 5.74) is 1.05. The molecule has 0 atom stereocenters. The third-order valence-corrected chi connectivity index (χ3v) is 4.38. The van der Waals surface area contributed by atoms with Crippen molar-refractivity contribution in [2.45, 2.75) is 11.7 Å². The highest BCUT2D eigenvalue weighted by atomic mass is 32.2. The summed E-state index contributed by atoms with van der Waals surface area (Å²) >= 11 is 1.40. The Morgan fingerprint density at radius 3 is 2.68 bits per heavy atom. The van der Waals surface area contributed by atoms with Gasteiger partial charge in [-0.25, -0.2) is 17.8 Å². The van der Waals surface area contributed by atoms with E-state index < -0.39 is 10.0 Å². The van der Waals surface area contributed by atoms with Gasteiger partial charge in [-0.1, -0.05) is 23.9 Å². The standard InChI is InChI=1S/C12H17N5O3S2/c1-20-11-5-3-10(4-6-11)9-17-12(14-15-16-17)21-8-7-13-22(2,18)19/h3-6,13H,7-9H2,1-2H3. The van der Waals surface area contributed by atoms with E-state index in [4.69, 9.17) is 4.74 Å². The monoisotopic (exact) mass is 343 g/mol. The summed E-state index contributed by atoms with van der Waals surface area (Å²) < 4.78 is 31.2. The van der Waals surface area contributed by atoms with Crippen LogP contribution in [0.4, 0.5) is 0 Å². The molecule has 1 N–H and O–H groups in total. The second-order valence-electron chi connectivity index (χ2n) is 4.48. The molecule has 0 aliphatic rings. The largest absolute Gasteiger partial charge is 0.497 e. The number of thioether (sulfide) groups is 1. The summed E-state index contributed by atoms with van der Waals surface area (Å²) in [6.45, 7) is 0.873. The maximum Gasteiger partial charge on any atom is 0.209 e. The molecular weight excluding hydrogens is 326 g/mol. The minimum absolute atomic E-state index is 0.332. The number of nitrogens with zero attached hydrogens (tertiary/aromatic N) is 4. The number of benzene rings is 1. The van der Waals surface area contributed by atoms with E-state index in [2.05, 4.69) is 20.2 Å². The van der Waals surface area contributed by atoms with Crippen molar-refractivity contribution < 1.29 is 13.2 Å². The normalized spacial score (nSPS) is 11.5. The molecule has 0 fully saturated rings. The second kappa shape index (κ2) is 7.56. The van der Waals surface area contributed by atoms with Crippen LogP contribution in [-0.2, 0) is 16.6 Å². The van der Waals surface area contributed by atoms with Crippen molar-refractivity contribution in [3.63, 3.8) is 0 Å². The fraction of sp³-hybridized carbons (Fsp3) is 0.417. The fourth-order valence-electron chi connectivity index (χ4n) is 1.67. The van der Waals surface area contributed by atoms with E-state index in [0.29, 0.717) is 24.0 Å². The average Bonchev–Trinajstić information content (AvgIpc) is 2.91. The topological polar surface area (TPSA) is 99.0 Å². The maximum absolute atomic E-state index is 11.0. The predicted molar refractivity (Wildman–Crippen MR) is 83.5 cm³/mol. The zero-order valence-electron chi connectivity index (χ0n) is 12.3. The molecule has 0 saturated heterocycles. The molecule has 1 heterocycles. The molecule has 1 aromatic heterocycles. The van der Waals surface area contributed by atoms with Gasteiger partial charge in [0.25, 0.3) is 0 Å². The van der Waals surface area contributed by atoms with Gasteiger partial charge in [-0.2, -0.15) is 0 Å². The van der Waals surface area contributed by atoms with E-state index in [1.165, 1.54) is 11.8 Å². The first-order chi connectivity index (χ1) is 10.5. The maximum atomic E-state index is 11.0. The van der Waals surface area contributed by atoms with Crippen LogP contribution in [0.1, 0.15) is 5.56 Å². The molecule has 0 saturated carbocycles. The van der Waals surface area contributed by atoms with Crippen LogP contribution in [0, 0.1) is 0 Å². The third kappa shape index (κ3) is 5.28. The number of methoxy groups -OCH3 is 1. The molecule has 8 nitrogen and oxygen atoms in total. The first-order valence-electron chi connectivity index (χ1n) is 6.44. The van der Waals surface area contributed by atoms with Crippen LogP contribution in [0.5, 0.6) is 5.75 Å². The predicted octanol–water partition coefficient (Wildman–Crippen LogP) is 0.371. The van der Waals surface area contributed by atoms with Gasteiger partial charge in [-0.05, 0) is 28.1 Å². The molecule has 120 valence electrons. The van der Waals surface area contributed by atoms with Gasteiger partial charge in [0.05, 0.1) is 19.9 Å². The van der Waals surface area contributed by atoms with Crippen LogP contribution < -0.4 is 9.46 Å². The van der Waals surface area contributed by atoms with Crippen molar-refractivity contribution in [3.05, 3.63) is 29.8 Å². The van der Waals surface area contributed by atoms with Crippen LogP contribution >= 0.6 is 11.8 Å². The van der Waals surface area contributed by atoms with Gasteiger partial charge in [-0.3, -0.25) is 0 Å². The highest BCUT2D eigenvalue weighted by molar-refractivity contribution is 7.99. The van der Waals surface area contributed by atoms with Gasteiger partial charge in [0.2, 0.25) is 15.2 Å². The Kier molecular flexibility index (Phi) is 5.75. The Hall–Kier alpha value is -1.65. The average molecular weight is 343 g/mol. The van der Waals surface area contributed by atoms with Crippen molar-refractivity contribution in [2.75, 3.05) is 25.7 Å². The Morgan fingerprint density at radius 2 is 2.05 bits per heavy atom. The number of ether oxygens (including phenoxy) is 1. The summed E-state index contributed by atoms with van der Waals surface area (Å²) in [7, 11) is -1.54. The van der Waals surface area contributed by atoms with Crippen LogP contribution in [-0.4, -0.2) is 54.3 Å². The Labute approximate surface area is 133 Å². The highest BCUT2D eigenvalue weighted by Crippen LogP contribution is 2.16. The summed E-state index contributed by atoms with van der Waals surface area (Å²) in [5, 5.41) is 12.2. The first-order valence-corrected chi connectivity index (χ1v) is 9.32. The Morgan fingerprint density at radius 1 is 1.32 bits per heavy atom. The van der Waals surface area contributed by atoms with E-state index >= 15 is 0 Å². The number of hydrogen-bond acceptors (Lipinski definition) is 7. The van der Waals surface area contributed by atoms with Crippen LogP contribution in [0.15, 0.2) is 29.4 Å². The molecule has 0 radical (unpaired) electrons. The van der Waals surface area contributed by atoms with Crippen molar-refractivity contribution in [2.24, 2.45) is 0 Å². The van der Waals surface area contributed by atoms with E-state index in [-0.39, 0.29) is 0 Å². The lowest BCUT2D eigenvalue weighted by atomic mass is 10.2. The lowest BCUT2D eigenvalue weighted by Gasteiger charge is -2.06. The molecule has 10 heteroatoms. The second-order valence-corrected chi connectivity index (χ2v) is 7.38. The molecule has 22 heavy (non-hydrogen) atoms. The molecule has 0 bridgehead atoms. The molecule has 0 unspecified atom stereocenters. The Bertz CT molecular complexity index is 700. The first kappa shape index (κ1) is 16.7. The summed E-state index contributed by atoms with van der Waals surface area (Å²) in [4.78, 5) is 0. The van der Waals surface area contributed by atoms with Crippen LogP contribution in [0.3, 0.4) is 0 Å². The third-order valence-electron chi connectivity index (χ3n) is 2.69. The number of sulfonamides is 1. The van der Waals surface area contributed by atoms with Crippen molar-refractivity contribution >= 4 is 21.8 Å². The van der Waals surface area contributed by atoms with Crippen molar-refractivity contribution in [3.8, 4) is 5.75 Å². The fourth-order valence-corrected chi connectivity index (χ4v) is 3.01. The summed E-state index contributed by atoms with van der Waals surface area (Å²) in [5.74, 6) is 1.35. The van der Waals surface area contributed by atoms with Gasteiger partial charge < -0.3 is 4.74 Å². The molecule has 0 aliphatic carbocycles. The summed E-state index contributed by atoms with van der Waals surface area (Å²) in [6, 6.07) is 7.64. The van der Waals surface area contributed by atoms with Gasteiger partial charge in [0.15, 0.2) is 0 Å². The van der Waals surface area contributed by atoms with Gasteiger partial charge >= 0.3 is 0 Å². The molecule has 1 aromatic carbocycles. The van der Waals surface area contributed by atoms with Crippen molar-refractivity contribution in [1.29, 1.82) is 0 Å². The van der Waals surface area contributed by atoms with E-state index in [9.17, 15) is 8.42 Å². The van der Waals surface area contributed by atoms with Crippen LogP contribution in [0.2, 0.25) is 0 Å². The number of tetrazole rings is 1. The SMILES string of the molecule is COc1ccc(Cn2nnnc2SCCNS(C)(=O)=O)cc1. The van der Waals surface area contributed by atoms with E-state index in [0.717, 1.165) is 17.6 Å². The van der Waals surface area contributed by atoms with E-state index in [1.807, 2.05) is 24.3 Å². The zero-order valence-corrected chi connectivity index (χ0v) is 13.9. The molecule has 0 amide bonds. The van der Waals surface area contributed by atoms with Gasteiger partial charge in [-0.15, -0.1) is 5.10 Å². The minimum atomic E-state index is -3.16. The molecular formula is C12H17N5O3S2. The number of rotatable bonds is 8. The highest BCUT2D eigenvalue weighted by Gasteiger charge is 2.08. The molecule has 2 aromatic rings. The Balaban J connectivity index is 1.91. The van der Waals surface area contributed by atoms with Gasteiger partial charge in [0, 0.05) is 12.3 Å². The minimum Gasteiger partial charge on any atom is -0.497 e. The summed E-state index contributed by atoms with van der Waals surface area (Å²) in [6.07, 6.45) is 1.13. The molecule has 0 aliphatic heterocycles. The molecule has 2 rings (SSSR count). The molecule has 0 spiro atoms. The zero-order chi connectivity index (χ0) is 16.0. The lowest BCUT2D eigenvalue weighted by Crippen LogP contribution is -2.24. The quantitative estimate of drug-likeness (QED) is 0.546. The number of nitrogens with one attached hydrogen (secondary N) is 1. The van der Waals surface area contributed by atoms with Crippen molar-refractivity contribution in [1.82, 2.24) is 24.9 Å². The number of aromatic nitrogens is 4. The van der Waals surface area contributed by atoms with E-state index in [1.54, 1.807) is 11.8 Å². The van der Waals surface area contributed by atoms with Crippen LogP contribution in [0.25, 0.3) is 0 Å².